The van der Waals surface area contributed by atoms with E-state index in [-0.39, 0.29) is 11.9 Å². The van der Waals surface area contributed by atoms with Gasteiger partial charge in [-0.1, -0.05) is 18.2 Å². The molecule has 4 rings (SSSR count). The Morgan fingerprint density at radius 1 is 0.972 bits per heavy atom. The van der Waals surface area contributed by atoms with Crippen molar-refractivity contribution in [3.05, 3.63) is 78.5 Å². The number of hydrogen-bond donors (Lipinski definition) is 2. The van der Waals surface area contributed by atoms with Crippen molar-refractivity contribution >= 4 is 29.3 Å². The number of anilines is 2. The van der Waals surface area contributed by atoms with Gasteiger partial charge >= 0.3 is 5.97 Å². The number of nitrogens with two attached hydrogens (primary N) is 1. The average molecular weight is 489 g/mol. The van der Waals surface area contributed by atoms with E-state index in [1.54, 1.807) is 43.3 Å². The maximum Gasteiger partial charge on any atom is 0.309 e. The van der Waals surface area contributed by atoms with E-state index in [9.17, 15) is 14.4 Å². The Balaban J connectivity index is 1.23. The number of hydrogen-bond acceptors (Lipinski definition) is 7. The maximum atomic E-state index is 12.6. The number of primary amides is 1. The summed E-state index contributed by atoms with van der Waals surface area (Å²) in [7, 11) is 0. The number of amides is 2. The van der Waals surface area contributed by atoms with Crippen LogP contribution in [-0.4, -0.2) is 42.0 Å². The maximum absolute atomic E-state index is 12.6. The third kappa shape index (κ3) is 6.38. The van der Waals surface area contributed by atoms with Gasteiger partial charge in [0, 0.05) is 25.0 Å². The highest BCUT2D eigenvalue weighted by atomic mass is 16.5. The lowest BCUT2D eigenvalue weighted by Crippen LogP contribution is -2.39. The molecule has 2 amide bonds. The van der Waals surface area contributed by atoms with Crippen LogP contribution in [0.4, 0.5) is 11.5 Å². The van der Waals surface area contributed by atoms with Gasteiger partial charge in [-0.25, -0.2) is 4.98 Å². The van der Waals surface area contributed by atoms with Crippen LogP contribution in [0.2, 0.25) is 0 Å². The van der Waals surface area contributed by atoms with E-state index in [4.69, 9.17) is 15.2 Å². The molecular weight excluding hydrogens is 460 g/mol. The zero-order chi connectivity index (χ0) is 25.5. The molecule has 36 heavy (non-hydrogen) atoms. The summed E-state index contributed by atoms with van der Waals surface area (Å²) < 4.78 is 11.2. The molecule has 1 aromatic heterocycles. The molecule has 3 N–H and O–H groups in total. The molecule has 1 unspecified atom stereocenters. The monoisotopic (exact) mass is 488 g/mol. The molecular formula is C27H28N4O5. The van der Waals surface area contributed by atoms with E-state index in [2.05, 4.69) is 10.3 Å². The highest BCUT2D eigenvalue weighted by Gasteiger charge is 2.29. The van der Waals surface area contributed by atoms with Crippen molar-refractivity contribution in [1.82, 2.24) is 4.98 Å². The Morgan fingerprint density at radius 2 is 1.64 bits per heavy atom. The average Bonchev–Trinajstić information content (AvgIpc) is 2.90. The number of carbonyl (C=O) groups excluding carboxylic acids is 3. The van der Waals surface area contributed by atoms with Gasteiger partial charge in [0.2, 0.25) is 5.91 Å². The van der Waals surface area contributed by atoms with Gasteiger partial charge in [-0.15, -0.1) is 0 Å². The highest BCUT2D eigenvalue weighted by molar-refractivity contribution is 5.95. The first-order chi connectivity index (χ1) is 17.4. The fourth-order valence-corrected chi connectivity index (χ4v) is 3.86. The molecule has 1 fully saturated rings. The zero-order valence-corrected chi connectivity index (χ0v) is 19.9. The van der Waals surface area contributed by atoms with Crippen LogP contribution in [0.3, 0.4) is 0 Å². The molecule has 1 saturated heterocycles. The Morgan fingerprint density at radius 3 is 2.25 bits per heavy atom. The van der Waals surface area contributed by atoms with Gasteiger partial charge < -0.3 is 25.4 Å². The van der Waals surface area contributed by atoms with Crippen LogP contribution >= 0.6 is 0 Å². The molecule has 1 atom stereocenters. The molecule has 0 spiro atoms. The number of nitrogens with zero attached hydrogens (tertiary/aromatic N) is 2. The SMILES string of the molecule is CC(OC(=O)C1CCN(c2ccc(C(N)=O)cn2)CC1)C(=O)Nc1ccc(Oc2ccccc2)cc1. The molecule has 9 heteroatoms. The number of carbonyl (C=O) groups is 3. The summed E-state index contributed by atoms with van der Waals surface area (Å²) in [6.07, 6.45) is 1.67. The van der Waals surface area contributed by atoms with Crippen molar-refractivity contribution in [1.29, 1.82) is 0 Å². The van der Waals surface area contributed by atoms with E-state index in [1.807, 2.05) is 35.2 Å². The largest absolute Gasteiger partial charge is 0.457 e. The number of esters is 1. The summed E-state index contributed by atoms with van der Waals surface area (Å²) in [4.78, 5) is 42.7. The Labute approximate surface area is 209 Å². The van der Waals surface area contributed by atoms with Crippen LogP contribution in [0.15, 0.2) is 72.9 Å². The number of piperidine rings is 1. The number of pyridine rings is 1. The molecule has 2 heterocycles. The second-order valence-corrected chi connectivity index (χ2v) is 8.54. The summed E-state index contributed by atoms with van der Waals surface area (Å²) in [6.45, 7) is 2.78. The first-order valence-corrected chi connectivity index (χ1v) is 11.7. The number of ether oxygens (including phenoxy) is 2. The molecule has 1 aliphatic heterocycles. The summed E-state index contributed by atoms with van der Waals surface area (Å²) in [6, 6.07) is 19.7. The minimum Gasteiger partial charge on any atom is -0.457 e. The fourth-order valence-electron chi connectivity index (χ4n) is 3.86. The summed E-state index contributed by atoms with van der Waals surface area (Å²) in [5.41, 5.74) is 6.18. The van der Waals surface area contributed by atoms with E-state index in [0.717, 1.165) is 11.6 Å². The first-order valence-electron chi connectivity index (χ1n) is 11.7. The van der Waals surface area contributed by atoms with Crippen LogP contribution in [0.25, 0.3) is 0 Å². The van der Waals surface area contributed by atoms with Gasteiger partial charge in [-0.3, -0.25) is 14.4 Å². The second-order valence-electron chi connectivity index (χ2n) is 8.54. The van der Waals surface area contributed by atoms with E-state index in [0.29, 0.717) is 42.9 Å². The molecule has 1 aliphatic rings. The van der Waals surface area contributed by atoms with Gasteiger partial charge in [-0.2, -0.15) is 0 Å². The van der Waals surface area contributed by atoms with Crippen LogP contribution in [0, 0.1) is 5.92 Å². The second kappa shape index (κ2) is 11.4. The van der Waals surface area contributed by atoms with Crippen molar-refractivity contribution in [3.63, 3.8) is 0 Å². The minimum absolute atomic E-state index is 0.296. The number of nitrogens with one attached hydrogen (secondary N) is 1. The lowest BCUT2D eigenvalue weighted by atomic mass is 9.97. The van der Waals surface area contributed by atoms with Crippen LogP contribution in [-0.2, 0) is 14.3 Å². The number of para-hydroxylation sites is 1. The minimum atomic E-state index is -0.932. The first kappa shape index (κ1) is 24.7. The lowest BCUT2D eigenvalue weighted by Gasteiger charge is -2.32. The highest BCUT2D eigenvalue weighted by Crippen LogP contribution is 2.25. The van der Waals surface area contributed by atoms with Gasteiger partial charge in [-0.05, 0) is 68.3 Å². The smallest absolute Gasteiger partial charge is 0.309 e. The third-order valence-corrected chi connectivity index (χ3v) is 5.95. The quantitative estimate of drug-likeness (QED) is 0.463. The predicted molar refractivity (Wildman–Crippen MR) is 135 cm³/mol. The van der Waals surface area contributed by atoms with Crippen molar-refractivity contribution in [2.45, 2.75) is 25.9 Å². The molecule has 0 aliphatic carbocycles. The standard InChI is InChI=1S/C27H28N4O5/c1-18(26(33)30-21-8-10-23(11-9-21)36-22-5-3-2-4-6-22)35-27(34)19-13-15-31(16-14-19)24-12-7-20(17-29-24)25(28)32/h2-12,17-19H,13-16H2,1H3,(H2,28,32)(H,30,33). The summed E-state index contributed by atoms with van der Waals surface area (Å²) >= 11 is 0. The molecule has 0 saturated carbocycles. The van der Waals surface area contributed by atoms with E-state index >= 15 is 0 Å². The van der Waals surface area contributed by atoms with Gasteiger partial charge in [0.05, 0.1) is 11.5 Å². The van der Waals surface area contributed by atoms with Crippen LogP contribution in [0.1, 0.15) is 30.1 Å². The number of rotatable bonds is 8. The lowest BCUT2D eigenvalue weighted by molar-refractivity contribution is -0.157. The topological polar surface area (TPSA) is 124 Å². The molecule has 0 radical (unpaired) electrons. The number of aromatic nitrogens is 1. The molecule has 9 nitrogen and oxygen atoms in total. The van der Waals surface area contributed by atoms with Gasteiger partial charge in [0.25, 0.3) is 5.91 Å². The van der Waals surface area contributed by atoms with Crippen molar-refractivity contribution < 1.29 is 23.9 Å². The molecule has 186 valence electrons. The predicted octanol–water partition coefficient (Wildman–Crippen LogP) is 3.76. The summed E-state index contributed by atoms with van der Waals surface area (Å²) in [5.74, 6) is 0.470. The van der Waals surface area contributed by atoms with Crippen LogP contribution < -0.4 is 20.7 Å². The Bertz CT molecular complexity index is 1190. The fraction of sp³-hybridized carbons (Fsp3) is 0.259. The zero-order valence-electron chi connectivity index (χ0n) is 19.9. The Kier molecular flexibility index (Phi) is 7.79. The Hall–Kier alpha value is -4.40. The van der Waals surface area contributed by atoms with Crippen molar-refractivity contribution in [2.24, 2.45) is 11.7 Å². The molecule has 3 aromatic rings. The summed E-state index contributed by atoms with van der Waals surface area (Å²) in [5, 5.41) is 2.76. The van der Waals surface area contributed by atoms with Crippen molar-refractivity contribution in [2.75, 3.05) is 23.3 Å². The van der Waals surface area contributed by atoms with E-state index in [1.165, 1.54) is 6.20 Å². The van der Waals surface area contributed by atoms with Crippen molar-refractivity contribution in [3.8, 4) is 11.5 Å². The van der Waals surface area contributed by atoms with Crippen LogP contribution in [0.5, 0.6) is 11.5 Å². The molecule has 0 bridgehead atoms. The normalized spacial score (nSPS) is 14.5. The van der Waals surface area contributed by atoms with E-state index < -0.39 is 17.9 Å². The molecule has 2 aromatic carbocycles. The third-order valence-electron chi connectivity index (χ3n) is 5.95. The van der Waals surface area contributed by atoms with Gasteiger partial charge in [0.15, 0.2) is 6.10 Å². The number of benzene rings is 2. The van der Waals surface area contributed by atoms with Gasteiger partial charge in [0.1, 0.15) is 17.3 Å².